The Labute approximate surface area is 658 Å². The Bertz CT molecular complexity index is 2060. The minimum absolute atomic E-state index is 0.106. The topological polar surface area (TPSA) is 237 Å². The van der Waals surface area contributed by atoms with Crippen LogP contribution >= 0.6 is 15.6 Å². The van der Waals surface area contributed by atoms with Gasteiger partial charge >= 0.3 is 39.5 Å². The number of carbonyl (C=O) groups excluding carboxylic acids is 4. The summed E-state index contributed by atoms with van der Waals surface area (Å²) in [5, 5.41) is 10.7. The van der Waals surface area contributed by atoms with Crippen molar-refractivity contribution < 1.29 is 80.2 Å². The first kappa shape index (κ1) is 105. The number of hydrogen-bond acceptors (Lipinski definition) is 15. The standard InChI is InChI=1S/C88H172O17P2/c1-8-9-10-11-12-13-14-15-16-17-18-19-20-21-22-27-30-33-43-50-57-64-71-87(92)104-83(75-98-85(90)69-62-55-48-41-32-29-26-24-23-25-28-31-38-45-52-59-66-79(2)3)77-102-106(94,95)100-73-82(89)74-101-107(96,97)103-78-84(105-88(93)72-65-58-51-44-37-35-40-47-54-61-68-81(6)7)76-99-86(91)70-63-56-49-42-36-34-39-46-53-60-67-80(4)5/h79-84,89H,8-78H2,1-7H3,(H,94,95)(H,96,97)/t82-,83-,84-/m1/s1. The predicted octanol–water partition coefficient (Wildman–Crippen LogP) is 26.9. The maximum atomic E-state index is 13.2. The molecule has 2 unspecified atom stereocenters. The van der Waals surface area contributed by atoms with Crippen LogP contribution in [-0.2, 0) is 65.4 Å². The number of rotatable bonds is 86. The van der Waals surface area contributed by atoms with Crippen LogP contribution in [0, 0.1) is 17.8 Å². The molecule has 0 aromatic heterocycles. The predicted molar refractivity (Wildman–Crippen MR) is 441 cm³/mol. The number of ether oxygens (including phenoxy) is 4. The molecule has 19 heteroatoms. The second-order valence-corrected chi connectivity index (χ2v) is 36.0. The van der Waals surface area contributed by atoms with Crippen LogP contribution in [0.4, 0.5) is 0 Å². The number of unbranched alkanes of at least 4 members (excludes halogenated alkanes) is 54. The Morgan fingerprint density at radius 2 is 0.430 bits per heavy atom. The van der Waals surface area contributed by atoms with Gasteiger partial charge in [-0.2, -0.15) is 0 Å². The summed E-state index contributed by atoms with van der Waals surface area (Å²) in [6.45, 7) is 12.0. The van der Waals surface area contributed by atoms with Crippen molar-refractivity contribution in [3.8, 4) is 0 Å². The van der Waals surface area contributed by atoms with Crippen molar-refractivity contribution in [3.63, 3.8) is 0 Å². The molecular weight excluding hydrogens is 1390 g/mol. The average molecular weight is 1560 g/mol. The van der Waals surface area contributed by atoms with Crippen LogP contribution < -0.4 is 0 Å². The fraction of sp³-hybridized carbons (Fsp3) is 0.955. The Morgan fingerprint density at radius 3 is 0.636 bits per heavy atom. The summed E-state index contributed by atoms with van der Waals surface area (Å²) >= 11 is 0. The van der Waals surface area contributed by atoms with Crippen molar-refractivity contribution in [2.75, 3.05) is 39.6 Å². The fourth-order valence-corrected chi connectivity index (χ4v) is 15.3. The first-order valence-electron chi connectivity index (χ1n) is 45.3. The summed E-state index contributed by atoms with van der Waals surface area (Å²) in [6, 6.07) is 0. The molecule has 17 nitrogen and oxygen atoms in total. The van der Waals surface area contributed by atoms with Gasteiger partial charge in [-0.3, -0.25) is 37.3 Å². The van der Waals surface area contributed by atoms with Gasteiger partial charge in [0, 0.05) is 25.7 Å². The average Bonchev–Trinajstić information content (AvgIpc) is 0.905. The molecule has 5 atom stereocenters. The molecule has 0 aliphatic heterocycles. The lowest BCUT2D eigenvalue weighted by molar-refractivity contribution is -0.161. The lowest BCUT2D eigenvalue weighted by Crippen LogP contribution is -2.30. The van der Waals surface area contributed by atoms with Crippen LogP contribution in [0.1, 0.15) is 466 Å². The molecule has 0 bridgehead atoms. The number of carbonyl (C=O) groups is 4. The number of aliphatic hydroxyl groups is 1. The van der Waals surface area contributed by atoms with E-state index in [0.717, 1.165) is 108 Å². The second-order valence-electron chi connectivity index (χ2n) is 33.1. The smallest absolute Gasteiger partial charge is 0.462 e. The lowest BCUT2D eigenvalue weighted by atomic mass is 10.0. The van der Waals surface area contributed by atoms with Crippen LogP contribution in [0.3, 0.4) is 0 Å². The van der Waals surface area contributed by atoms with Crippen LogP contribution in [0.15, 0.2) is 0 Å². The molecule has 0 aliphatic carbocycles. The third-order valence-corrected chi connectivity index (χ3v) is 22.5. The zero-order valence-electron chi connectivity index (χ0n) is 70.6. The second kappa shape index (κ2) is 78.0. The molecule has 0 aliphatic rings. The van der Waals surface area contributed by atoms with Gasteiger partial charge in [0.2, 0.25) is 0 Å². The fourth-order valence-electron chi connectivity index (χ4n) is 13.7. The molecular formula is C88H172O17P2. The van der Waals surface area contributed by atoms with Gasteiger partial charge in [0.25, 0.3) is 0 Å². The Kier molecular flexibility index (Phi) is 76.6. The highest BCUT2D eigenvalue weighted by atomic mass is 31.2. The van der Waals surface area contributed by atoms with Crippen molar-refractivity contribution in [2.45, 2.75) is 484 Å². The maximum absolute atomic E-state index is 13.2. The molecule has 0 spiro atoms. The lowest BCUT2D eigenvalue weighted by Gasteiger charge is -2.21. The molecule has 0 aromatic rings. The van der Waals surface area contributed by atoms with Gasteiger partial charge in [-0.25, -0.2) is 9.13 Å². The number of phosphoric ester groups is 2. The van der Waals surface area contributed by atoms with E-state index in [4.69, 9.17) is 37.0 Å². The van der Waals surface area contributed by atoms with Crippen molar-refractivity contribution >= 4 is 39.5 Å². The van der Waals surface area contributed by atoms with Crippen LogP contribution in [-0.4, -0.2) is 96.7 Å². The van der Waals surface area contributed by atoms with Gasteiger partial charge in [0.1, 0.15) is 19.3 Å². The summed E-state index contributed by atoms with van der Waals surface area (Å²) < 4.78 is 69.0. The maximum Gasteiger partial charge on any atom is 0.472 e. The molecule has 0 rings (SSSR count). The van der Waals surface area contributed by atoms with Gasteiger partial charge in [0.15, 0.2) is 12.2 Å². The van der Waals surface area contributed by atoms with E-state index in [2.05, 4.69) is 48.5 Å². The quantitative estimate of drug-likeness (QED) is 0.0222. The first-order chi connectivity index (χ1) is 51.7. The number of esters is 4. The summed E-state index contributed by atoms with van der Waals surface area (Å²) in [6.07, 6.45) is 69.6. The highest BCUT2D eigenvalue weighted by Crippen LogP contribution is 2.45. The first-order valence-corrected chi connectivity index (χ1v) is 48.3. The summed E-state index contributed by atoms with van der Waals surface area (Å²) in [5.74, 6) is 0.220. The number of phosphoric acid groups is 2. The molecule has 0 radical (unpaired) electrons. The van der Waals surface area contributed by atoms with Crippen molar-refractivity contribution in [3.05, 3.63) is 0 Å². The van der Waals surface area contributed by atoms with Gasteiger partial charge < -0.3 is 33.8 Å². The van der Waals surface area contributed by atoms with Gasteiger partial charge in [0.05, 0.1) is 26.4 Å². The molecule has 0 saturated carbocycles. The molecule has 0 heterocycles. The Hall–Kier alpha value is -1.94. The van der Waals surface area contributed by atoms with Crippen molar-refractivity contribution in [1.29, 1.82) is 0 Å². The number of hydrogen-bond donors (Lipinski definition) is 3. The van der Waals surface area contributed by atoms with E-state index in [-0.39, 0.29) is 25.7 Å². The molecule has 0 aromatic carbocycles. The summed E-state index contributed by atoms with van der Waals surface area (Å²) in [7, 11) is -9.93. The van der Waals surface area contributed by atoms with Crippen LogP contribution in [0.25, 0.3) is 0 Å². The third-order valence-electron chi connectivity index (χ3n) is 20.6. The van der Waals surface area contributed by atoms with E-state index < -0.39 is 97.5 Å². The monoisotopic (exact) mass is 1560 g/mol. The van der Waals surface area contributed by atoms with Gasteiger partial charge in [-0.05, 0) is 43.4 Å². The minimum Gasteiger partial charge on any atom is -0.462 e. The van der Waals surface area contributed by atoms with E-state index in [1.165, 1.54) is 276 Å². The summed E-state index contributed by atoms with van der Waals surface area (Å²) in [4.78, 5) is 73.3. The van der Waals surface area contributed by atoms with E-state index >= 15 is 0 Å². The van der Waals surface area contributed by atoms with Gasteiger partial charge in [-0.15, -0.1) is 0 Å². The molecule has 636 valence electrons. The summed E-state index contributed by atoms with van der Waals surface area (Å²) in [5.41, 5.74) is 0. The van der Waals surface area contributed by atoms with Crippen LogP contribution in [0.2, 0.25) is 0 Å². The normalized spacial score (nSPS) is 13.8. The zero-order chi connectivity index (χ0) is 78.6. The third kappa shape index (κ3) is 81.9. The Balaban J connectivity index is 5.24. The van der Waals surface area contributed by atoms with E-state index in [0.29, 0.717) is 25.7 Å². The van der Waals surface area contributed by atoms with Gasteiger partial charge in [-0.1, -0.05) is 414 Å². The van der Waals surface area contributed by atoms with E-state index in [9.17, 15) is 43.2 Å². The van der Waals surface area contributed by atoms with E-state index in [1.807, 2.05) is 0 Å². The molecule has 107 heavy (non-hydrogen) atoms. The van der Waals surface area contributed by atoms with Crippen LogP contribution in [0.5, 0.6) is 0 Å². The molecule has 3 N–H and O–H groups in total. The molecule has 0 amide bonds. The highest BCUT2D eigenvalue weighted by molar-refractivity contribution is 7.47. The molecule has 0 fully saturated rings. The highest BCUT2D eigenvalue weighted by Gasteiger charge is 2.31. The van der Waals surface area contributed by atoms with Crippen molar-refractivity contribution in [2.24, 2.45) is 17.8 Å². The number of aliphatic hydroxyl groups excluding tert-OH is 1. The van der Waals surface area contributed by atoms with E-state index in [1.54, 1.807) is 0 Å². The SMILES string of the molecule is CCCCCCCCCCCCCCCCCCCCCCCCC(=O)O[C@H](COC(=O)CCCCCCCCCCCCCCCCCCC(C)C)COP(=O)(O)OC[C@@H](O)COP(=O)(O)OC[C@@H](COC(=O)CCCCCCCCCCCCC(C)C)OC(=O)CCCCCCCCCCCCC(C)C. The zero-order valence-corrected chi connectivity index (χ0v) is 72.4. The minimum atomic E-state index is -4.97. The molecule has 0 saturated heterocycles. The Morgan fingerprint density at radius 1 is 0.252 bits per heavy atom. The largest absolute Gasteiger partial charge is 0.472 e. The van der Waals surface area contributed by atoms with Crippen molar-refractivity contribution in [1.82, 2.24) is 0 Å².